The Morgan fingerprint density at radius 1 is 1.16 bits per heavy atom. The lowest BCUT2D eigenvalue weighted by atomic mass is 9.78. The second kappa shape index (κ2) is 11.7. The fourth-order valence-corrected chi connectivity index (χ4v) is 3.78. The molecule has 1 aromatic rings. The molecule has 172 valence electrons. The molecule has 0 aromatic heterocycles. The van der Waals surface area contributed by atoms with Crippen LogP contribution in [0.5, 0.6) is 0 Å². The summed E-state index contributed by atoms with van der Waals surface area (Å²) < 4.78 is 6.08. The zero-order chi connectivity index (χ0) is 22.9. The first kappa shape index (κ1) is 24.7. The van der Waals surface area contributed by atoms with Crippen molar-refractivity contribution in [2.75, 3.05) is 26.2 Å². The van der Waals surface area contributed by atoms with Crippen LogP contribution in [0.2, 0.25) is 0 Å². The fourth-order valence-electron chi connectivity index (χ4n) is 3.78. The zero-order valence-corrected chi connectivity index (χ0v) is 19.2. The van der Waals surface area contributed by atoms with Crippen LogP contribution in [0.4, 0.5) is 0 Å². The van der Waals surface area contributed by atoms with Crippen LogP contribution in [0.1, 0.15) is 56.5 Å². The van der Waals surface area contributed by atoms with Crippen molar-refractivity contribution in [2.24, 2.45) is 22.1 Å². The van der Waals surface area contributed by atoms with Crippen molar-refractivity contribution >= 4 is 17.8 Å². The third-order valence-corrected chi connectivity index (χ3v) is 5.23. The summed E-state index contributed by atoms with van der Waals surface area (Å²) in [6.45, 7) is 11.5. The van der Waals surface area contributed by atoms with Crippen LogP contribution < -0.4 is 21.7 Å². The molecular weight excluding hydrogens is 394 g/mol. The summed E-state index contributed by atoms with van der Waals surface area (Å²) in [4.78, 5) is 27.4. The van der Waals surface area contributed by atoms with Crippen LogP contribution in [0.25, 0.3) is 0 Å². The second-order valence-electron chi connectivity index (χ2n) is 8.98. The fraction of sp³-hybridized carbons (Fsp3) is 0.609. The molecule has 1 aliphatic heterocycles. The van der Waals surface area contributed by atoms with Gasteiger partial charge in [0.05, 0.1) is 19.2 Å². The first-order valence-corrected chi connectivity index (χ1v) is 11.0. The highest BCUT2D eigenvalue weighted by Gasteiger charge is 2.35. The van der Waals surface area contributed by atoms with Crippen molar-refractivity contribution in [1.82, 2.24) is 16.0 Å². The van der Waals surface area contributed by atoms with Crippen LogP contribution in [-0.4, -0.2) is 50.1 Å². The number of carbonyl (C=O) groups is 2. The van der Waals surface area contributed by atoms with E-state index < -0.39 is 5.91 Å². The molecule has 1 saturated heterocycles. The molecule has 0 spiro atoms. The molecule has 0 bridgehead atoms. The van der Waals surface area contributed by atoms with Crippen molar-refractivity contribution in [1.29, 1.82) is 0 Å². The van der Waals surface area contributed by atoms with Gasteiger partial charge in [0.2, 0.25) is 5.91 Å². The van der Waals surface area contributed by atoms with Gasteiger partial charge in [-0.25, -0.2) is 4.99 Å². The van der Waals surface area contributed by atoms with Crippen LogP contribution >= 0.6 is 0 Å². The molecule has 8 heteroatoms. The Kier molecular flexibility index (Phi) is 9.30. The van der Waals surface area contributed by atoms with E-state index in [2.05, 4.69) is 41.7 Å². The molecule has 0 aliphatic carbocycles. The summed E-state index contributed by atoms with van der Waals surface area (Å²) in [6, 6.07) is 7.15. The average Bonchev–Trinajstić information content (AvgIpc) is 2.74. The maximum Gasteiger partial charge on any atom is 0.251 e. The Bertz CT molecular complexity index is 755. The van der Waals surface area contributed by atoms with Gasteiger partial charge in [-0.3, -0.25) is 9.59 Å². The molecule has 0 saturated carbocycles. The third kappa shape index (κ3) is 8.20. The minimum Gasteiger partial charge on any atom is -0.377 e. The summed E-state index contributed by atoms with van der Waals surface area (Å²) in [5.41, 5.74) is 6.61. The topological polar surface area (TPSA) is 118 Å². The minimum atomic E-state index is -0.573. The van der Waals surface area contributed by atoms with Crippen LogP contribution in [0, 0.1) is 11.3 Å². The molecule has 31 heavy (non-hydrogen) atoms. The highest BCUT2D eigenvalue weighted by atomic mass is 16.5. The first-order valence-electron chi connectivity index (χ1n) is 11.0. The molecular formula is C23H37N5O3. The van der Waals surface area contributed by atoms with Crippen molar-refractivity contribution < 1.29 is 14.3 Å². The van der Waals surface area contributed by atoms with E-state index in [0.717, 1.165) is 44.1 Å². The van der Waals surface area contributed by atoms with E-state index in [9.17, 15) is 9.59 Å². The lowest BCUT2D eigenvalue weighted by molar-refractivity contribution is -0.117. The van der Waals surface area contributed by atoms with E-state index in [4.69, 9.17) is 10.5 Å². The van der Waals surface area contributed by atoms with Gasteiger partial charge >= 0.3 is 0 Å². The lowest BCUT2D eigenvalue weighted by Crippen LogP contribution is -2.47. The van der Waals surface area contributed by atoms with Gasteiger partial charge in [-0.2, -0.15) is 0 Å². The molecule has 5 N–H and O–H groups in total. The van der Waals surface area contributed by atoms with Crippen molar-refractivity contribution in [3.05, 3.63) is 35.4 Å². The average molecular weight is 432 g/mol. The highest BCUT2D eigenvalue weighted by Crippen LogP contribution is 2.33. The van der Waals surface area contributed by atoms with Gasteiger partial charge in [0.15, 0.2) is 5.96 Å². The van der Waals surface area contributed by atoms with Crippen molar-refractivity contribution in [3.63, 3.8) is 0 Å². The van der Waals surface area contributed by atoms with Crippen molar-refractivity contribution in [3.8, 4) is 0 Å². The van der Waals surface area contributed by atoms with Gasteiger partial charge in [-0.05, 0) is 42.9 Å². The number of amides is 2. The maximum absolute atomic E-state index is 12.0. The Morgan fingerprint density at radius 3 is 2.48 bits per heavy atom. The molecule has 1 fully saturated rings. The molecule has 2 atom stereocenters. The number of carbonyl (C=O) groups excluding carboxylic acids is 2. The van der Waals surface area contributed by atoms with E-state index in [0.29, 0.717) is 18.0 Å². The highest BCUT2D eigenvalue weighted by molar-refractivity contribution is 5.96. The number of primary amides is 1. The monoisotopic (exact) mass is 431 g/mol. The number of nitrogens with zero attached hydrogens (tertiary/aromatic N) is 1. The number of rotatable bonds is 8. The van der Waals surface area contributed by atoms with Gasteiger partial charge in [-0.15, -0.1) is 0 Å². The Labute approximate surface area is 185 Å². The number of benzene rings is 1. The Morgan fingerprint density at radius 2 is 1.87 bits per heavy atom. The largest absolute Gasteiger partial charge is 0.377 e. The number of hydrogen-bond donors (Lipinski definition) is 4. The summed E-state index contributed by atoms with van der Waals surface area (Å²) in [5.74, 6) is 0.308. The van der Waals surface area contributed by atoms with Crippen LogP contribution in [0.15, 0.2) is 29.3 Å². The van der Waals surface area contributed by atoms with E-state index in [1.54, 1.807) is 12.1 Å². The van der Waals surface area contributed by atoms with E-state index in [-0.39, 0.29) is 24.0 Å². The molecule has 1 aliphatic rings. The van der Waals surface area contributed by atoms with E-state index in [1.807, 2.05) is 19.1 Å². The Hall–Kier alpha value is -2.61. The number of ether oxygens (including phenoxy) is 1. The summed E-state index contributed by atoms with van der Waals surface area (Å²) in [7, 11) is 0. The maximum atomic E-state index is 12.0. The SMILES string of the molecule is CCNC(=NCc1ccc(C(=O)NCC(N)=O)cc1)NCC1CCCOC1C(C)(C)C. The molecule has 0 radical (unpaired) electrons. The molecule has 1 aromatic carbocycles. The molecule has 2 unspecified atom stereocenters. The standard InChI is InChI=1S/C23H37N5O3/c1-5-25-22(28-14-18-7-6-12-31-20(18)23(2,3)4)27-13-16-8-10-17(11-9-16)21(30)26-15-19(24)29/h8-11,18,20H,5-7,12-15H2,1-4H3,(H2,24,29)(H,26,30)(H2,25,27,28). The van der Waals surface area contributed by atoms with Gasteiger partial charge < -0.3 is 26.4 Å². The van der Waals surface area contributed by atoms with E-state index >= 15 is 0 Å². The quantitative estimate of drug-likeness (QED) is 0.370. The van der Waals surface area contributed by atoms with Gasteiger partial charge in [0.1, 0.15) is 0 Å². The van der Waals surface area contributed by atoms with Gasteiger partial charge in [-0.1, -0.05) is 32.9 Å². The Balaban J connectivity index is 1.94. The predicted octanol–water partition coefficient (Wildman–Crippen LogP) is 1.80. The van der Waals surface area contributed by atoms with E-state index in [1.165, 1.54) is 0 Å². The molecule has 2 rings (SSSR count). The van der Waals surface area contributed by atoms with Crippen LogP contribution in [0.3, 0.4) is 0 Å². The third-order valence-electron chi connectivity index (χ3n) is 5.23. The number of aliphatic imine (C=N–C) groups is 1. The summed E-state index contributed by atoms with van der Waals surface area (Å²) in [6.07, 6.45) is 2.46. The smallest absolute Gasteiger partial charge is 0.251 e. The van der Waals surface area contributed by atoms with Crippen molar-refractivity contribution in [2.45, 2.75) is 53.2 Å². The number of nitrogens with two attached hydrogens (primary N) is 1. The molecule has 2 amide bonds. The summed E-state index contributed by atoms with van der Waals surface area (Å²) >= 11 is 0. The first-order chi connectivity index (χ1) is 14.7. The number of guanidine groups is 1. The number of nitrogens with one attached hydrogen (secondary N) is 3. The zero-order valence-electron chi connectivity index (χ0n) is 19.2. The molecule has 8 nitrogen and oxygen atoms in total. The van der Waals surface area contributed by atoms with Crippen LogP contribution in [-0.2, 0) is 16.1 Å². The summed E-state index contributed by atoms with van der Waals surface area (Å²) in [5, 5.41) is 9.24. The predicted molar refractivity (Wildman–Crippen MR) is 123 cm³/mol. The minimum absolute atomic E-state index is 0.105. The normalized spacial score (nSPS) is 19.5. The number of hydrogen-bond acceptors (Lipinski definition) is 4. The van der Waals surface area contributed by atoms with Gasteiger partial charge in [0, 0.05) is 31.2 Å². The lowest BCUT2D eigenvalue weighted by Gasteiger charge is -2.40. The second-order valence-corrected chi connectivity index (χ2v) is 8.98. The van der Waals surface area contributed by atoms with Gasteiger partial charge in [0.25, 0.3) is 5.91 Å². The molecule has 1 heterocycles.